The van der Waals surface area contributed by atoms with Gasteiger partial charge in [0.1, 0.15) is 6.54 Å². The van der Waals surface area contributed by atoms with Gasteiger partial charge in [-0.25, -0.2) is 9.97 Å². The predicted molar refractivity (Wildman–Crippen MR) is 41.3 cm³/mol. The number of aryl methyl sites for hydroxylation is 1. The molecule has 0 bridgehead atoms. The summed E-state index contributed by atoms with van der Waals surface area (Å²) in [7, 11) is 0. The van der Waals surface area contributed by atoms with Gasteiger partial charge in [-0.15, -0.1) is 0 Å². The van der Waals surface area contributed by atoms with Crippen molar-refractivity contribution in [2.45, 2.75) is 13.1 Å². The quantitative estimate of drug-likeness (QED) is 0.773. The number of rotatable bonds is 2. The van der Waals surface area contributed by atoms with E-state index in [1.807, 2.05) is 0 Å². The highest BCUT2D eigenvalue weighted by Crippen LogP contribution is 2.14. The van der Waals surface area contributed by atoms with Gasteiger partial charge in [-0.2, -0.15) is 13.2 Å². The molecular formula is C7H8F3N3. The third kappa shape index (κ3) is 3.73. The maximum absolute atomic E-state index is 11.7. The molecule has 0 aliphatic carbocycles. The van der Waals surface area contributed by atoms with Crippen molar-refractivity contribution in [3.05, 3.63) is 18.0 Å². The first kappa shape index (κ1) is 9.76. The highest BCUT2D eigenvalue weighted by molar-refractivity contribution is 5.24. The molecule has 0 amide bonds. The van der Waals surface area contributed by atoms with Gasteiger partial charge in [-0.05, 0) is 12.5 Å². The number of aromatic nitrogens is 2. The largest absolute Gasteiger partial charge is 0.405 e. The molecule has 72 valence electrons. The van der Waals surface area contributed by atoms with Crippen molar-refractivity contribution in [3.8, 4) is 0 Å². The Morgan fingerprint density at radius 1 is 1.31 bits per heavy atom. The molecule has 0 atom stereocenters. The second kappa shape index (κ2) is 3.59. The Kier molecular flexibility index (Phi) is 2.69. The Morgan fingerprint density at radius 3 is 2.31 bits per heavy atom. The van der Waals surface area contributed by atoms with E-state index < -0.39 is 12.7 Å². The second-order valence-corrected chi connectivity index (χ2v) is 2.55. The van der Waals surface area contributed by atoms with E-state index in [2.05, 4.69) is 15.3 Å². The van der Waals surface area contributed by atoms with E-state index in [0.717, 1.165) is 5.56 Å². The Balaban J connectivity index is 2.51. The molecule has 0 unspecified atom stereocenters. The number of halogens is 3. The van der Waals surface area contributed by atoms with Crippen molar-refractivity contribution >= 4 is 5.95 Å². The monoisotopic (exact) mass is 191 g/mol. The summed E-state index contributed by atoms with van der Waals surface area (Å²) in [6.45, 7) is 0.642. The molecule has 13 heavy (non-hydrogen) atoms. The first-order valence-corrected chi connectivity index (χ1v) is 3.57. The van der Waals surface area contributed by atoms with Crippen LogP contribution in [-0.4, -0.2) is 22.7 Å². The average Bonchev–Trinajstić information content (AvgIpc) is 2.02. The summed E-state index contributed by atoms with van der Waals surface area (Å²) in [4.78, 5) is 7.32. The molecule has 0 spiro atoms. The van der Waals surface area contributed by atoms with E-state index in [0.29, 0.717) is 0 Å². The molecule has 0 aromatic carbocycles. The minimum atomic E-state index is -4.24. The van der Waals surface area contributed by atoms with Crippen LogP contribution in [0, 0.1) is 6.92 Å². The van der Waals surface area contributed by atoms with Gasteiger partial charge in [-0.3, -0.25) is 0 Å². The Morgan fingerprint density at radius 2 is 1.85 bits per heavy atom. The smallest absolute Gasteiger partial charge is 0.345 e. The van der Waals surface area contributed by atoms with Gasteiger partial charge in [0, 0.05) is 12.4 Å². The number of hydrogen-bond donors (Lipinski definition) is 1. The molecule has 0 radical (unpaired) electrons. The van der Waals surface area contributed by atoms with Crippen LogP contribution in [0.25, 0.3) is 0 Å². The number of anilines is 1. The fraction of sp³-hybridized carbons (Fsp3) is 0.429. The topological polar surface area (TPSA) is 37.8 Å². The molecule has 6 heteroatoms. The Hall–Kier alpha value is -1.33. The minimum absolute atomic E-state index is 0.0112. The summed E-state index contributed by atoms with van der Waals surface area (Å²) in [6, 6.07) is 0. The summed E-state index contributed by atoms with van der Waals surface area (Å²) in [5, 5.41) is 2.06. The molecule has 0 fully saturated rings. The molecule has 1 rings (SSSR count). The van der Waals surface area contributed by atoms with Gasteiger partial charge in [-0.1, -0.05) is 0 Å². The zero-order valence-corrected chi connectivity index (χ0v) is 6.89. The highest BCUT2D eigenvalue weighted by Gasteiger charge is 2.26. The molecule has 1 aromatic rings. The maximum atomic E-state index is 11.7. The molecule has 3 nitrogen and oxygen atoms in total. The van der Waals surface area contributed by atoms with Crippen LogP contribution in [0.4, 0.5) is 19.1 Å². The number of nitrogens with zero attached hydrogens (tertiary/aromatic N) is 2. The van der Waals surface area contributed by atoms with Gasteiger partial charge in [0.2, 0.25) is 5.95 Å². The summed E-state index contributed by atoms with van der Waals surface area (Å²) >= 11 is 0. The normalized spacial score (nSPS) is 11.4. The van der Waals surface area contributed by atoms with E-state index in [-0.39, 0.29) is 5.95 Å². The predicted octanol–water partition coefficient (Wildman–Crippen LogP) is 1.76. The van der Waals surface area contributed by atoms with Crippen molar-refractivity contribution < 1.29 is 13.2 Å². The lowest BCUT2D eigenvalue weighted by Crippen LogP contribution is -2.22. The van der Waals surface area contributed by atoms with E-state index in [1.165, 1.54) is 12.4 Å². The molecule has 1 N–H and O–H groups in total. The van der Waals surface area contributed by atoms with Crippen LogP contribution in [0.3, 0.4) is 0 Å². The van der Waals surface area contributed by atoms with Crippen molar-refractivity contribution in [1.29, 1.82) is 0 Å². The standard InChI is InChI=1S/C7H8F3N3/c1-5-2-11-6(12-3-5)13-4-7(8,9)10/h2-3H,4H2,1H3,(H,11,12,13). The maximum Gasteiger partial charge on any atom is 0.405 e. The first-order chi connectivity index (χ1) is 5.97. The van der Waals surface area contributed by atoms with E-state index >= 15 is 0 Å². The minimum Gasteiger partial charge on any atom is -0.345 e. The second-order valence-electron chi connectivity index (χ2n) is 2.55. The van der Waals surface area contributed by atoms with E-state index in [4.69, 9.17) is 0 Å². The zero-order chi connectivity index (χ0) is 9.90. The number of hydrogen-bond acceptors (Lipinski definition) is 3. The van der Waals surface area contributed by atoms with Gasteiger partial charge in [0.25, 0.3) is 0 Å². The van der Waals surface area contributed by atoms with Gasteiger partial charge >= 0.3 is 6.18 Å². The fourth-order valence-corrected chi connectivity index (χ4v) is 0.663. The Bertz CT molecular complexity index is 267. The SMILES string of the molecule is Cc1cnc(NCC(F)(F)F)nc1. The summed E-state index contributed by atoms with van der Waals surface area (Å²) < 4.78 is 35.1. The van der Waals surface area contributed by atoms with Crippen LogP contribution >= 0.6 is 0 Å². The van der Waals surface area contributed by atoms with Crippen LogP contribution in [0.5, 0.6) is 0 Å². The fourth-order valence-electron chi connectivity index (χ4n) is 0.663. The molecular weight excluding hydrogens is 183 g/mol. The van der Waals surface area contributed by atoms with Crippen LogP contribution in [0.1, 0.15) is 5.56 Å². The van der Waals surface area contributed by atoms with Gasteiger partial charge < -0.3 is 5.32 Å². The van der Waals surface area contributed by atoms with Gasteiger partial charge in [0.05, 0.1) is 0 Å². The molecule has 0 saturated carbocycles. The van der Waals surface area contributed by atoms with Gasteiger partial charge in [0.15, 0.2) is 0 Å². The average molecular weight is 191 g/mol. The van der Waals surface area contributed by atoms with Crippen LogP contribution in [0.2, 0.25) is 0 Å². The van der Waals surface area contributed by atoms with Crippen molar-refractivity contribution in [2.24, 2.45) is 0 Å². The lowest BCUT2D eigenvalue weighted by molar-refractivity contribution is -0.115. The highest BCUT2D eigenvalue weighted by atomic mass is 19.4. The lowest BCUT2D eigenvalue weighted by Gasteiger charge is -2.07. The molecule has 0 aliphatic rings. The number of alkyl halides is 3. The number of nitrogens with one attached hydrogen (secondary N) is 1. The lowest BCUT2D eigenvalue weighted by atomic mass is 10.4. The van der Waals surface area contributed by atoms with Crippen molar-refractivity contribution in [2.75, 3.05) is 11.9 Å². The van der Waals surface area contributed by atoms with Crippen LogP contribution in [-0.2, 0) is 0 Å². The van der Waals surface area contributed by atoms with Crippen molar-refractivity contribution in [3.63, 3.8) is 0 Å². The van der Waals surface area contributed by atoms with Crippen LogP contribution in [0.15, 0.2) is 12.4 Å². The van der Waals surface area contributed by atoms with E-state index in [9.17, 15) is 13.2 Å². The molecule has 0 saturated heterocycles. The summed E-state index contributed by atoms with van der Waals surface area (Å²) in [6.07, 6.45) is -1.34. The molecule has 1 aromatic heterocycles. The van der Waals surface area contributed by atoms with Crippen molar-refractivity contribution in [1.82, 2.24) is 9.97 Å². The molecule has 0 aliphatic heterocycles. The first-order valence-electron chi connectivity index (χ1n) is 3.57. The summed E-state index contributed by atoms with van der Waals surface area (Å²) in [5.41, 5.74) is 0.803. The third-order valence-corrected chi connectivity index (χ3v) is 1.23. The van der Waals surface area contributed by atoms with Crippen LogP contribution < -0.4 is 5.32 Å². The molecule has 1 heterocycles. The van der Waals surface area contributed by atoms with E-state index in [1.54, 1.807) is 6.92 Å². The third-order valence-electron chi connectivity index (χ3n) is 1.23. The summed E-state index contributed by atoms with van der Waals surface area (Å²) in [5.74, 6) is -0.0112. The zero-order valence-electron chi connectivity index (χ0n) is 6.89. The Labute approximate surface area is 73.0 Å².